The lowest BCUT2D eigenvalue weighted by atomic mass is 9.96. The van der Waals surface area contributed by atoms with E-state index in [1.165, 1.54) is 4.90 Å². The van der Waals surface area contributed by atoms with Gasteiger partial charge in [0.25, 0.3) is 0 Å². The quantitative estimate of drug-likeness (QED) is 0.263. The van der Waals surface area contributed by atoms with Crippen LogP contribution in [0.15, 0.2) is 23.2 Å². The summed E-state index contributed by atoms with van der Waals surface area (Å²) in [6.07, 6.45) is 0.495. The zero-order valence-electron chi connectivity index (χ0n) is 16.5. The smallest absolute Gasteiger partial charge is 0.354 e. The normalized spacial score (nSPS) is 15.4. The van der Waals surface area contributed by atoms with Crippen LogP contribution in [0.5, 0.6) is 0 Å². The van der Waals surface area contributed by atoms with Gasteiger partial charge in [0, 0.05) is 20.1 Å². The summed E-state index contributed by atoms with van der Waals surface area (Å²) in [5.41, 5.74) is -1.17. The van der Waals surface area contributed by atoms with Crippen molar-refractivity contribution >= 4 is 35.8 Å². The zero-order valence-corrected chi connectivity index (χ0v) is 18.8. The maximum atomic E-state index is 13.3. The monoisotopic (exact) mass is 530 g/mol. The Balaban J connectivity index is 0.00000420. The first-order valence-electron chi connectivity index (χ1n) is 9.27. The van der Waals surface area contributed by atoms with Crippen LogP contribution in [0.4, 0.5) is 17.6 Å². The lowest BCUT2D eigenvalue weighted by Crippen LogP contribution is -2.47. The number of nitrogens with one attached hydrogen (secondary N) is 2. The minimum Gasteiger partial charge on any atom is -0.354 e. The van der Waals surface area contributed by atoms with E-state index in [1.54, 1.807) is 14.1 Å². The molecule has 1 aromatic carbocycles. The minimum atomic E-state index is -4.67. The number of guanidine groups is 1. The molecule has 1 fully saturated rings. The molecule has 0 atom stereocenters. The van der Waals surface area contributed by atoms with Crippen LogP contribution in [-0.4, -0.2) is 43.4 Å². The topological polar surface area (TPSA) is 56.7 Å². The largest absolute Gasteiger partial charge is 0.416 e. The van der Waals surface area contributed by atoms with Gasteiger partial charge in [0.05, 0.1) is 18.7 Å². The minimum absolute atomic E-state index is 0. The standard InChI is InChI=1S/C19H26F4N4O.HI/c1-27(2)17(28)12-25-18(26-15-6-4-3-5-7-15)24-11-13-8-9-14(20)10-16(13)19(21,22)23;/h8-10,15H,3-7,11-12H2,1-2H3,(H2,24,25,26);1H. The molecule has 164 valence electrons. The fourth-order valence-corrected chi connectivity index (χ4v) is 3.02. The third kappa shape index (κ3) is 8.35. The van der Waals surface area contributed by atoms with Gasteiger partial charge in [-0.15, -0.1) is 24.0 Å². The van der Waals surface area contributed by atoms with E-state index in [4.69, 9.17) is 0 Å². The number of benzene rings is 1. The van der Waals surface area contributed by atoms with Gasteiger partial charge in [-0.2, -0.15) is 13.2 Å². The molecule has 1 amide bonds. The van der Waals surface area contributed by atoms with Gasteiger partial charge in [-0.05, 0) is 30.5 Å². The van der Waals surface area contributed by atoms with Crippen molar-refractivity contribution in [2.24, 2.45) is 4.99 Å². The number of amides is 1. The fraction of sp³-hybridized carbons (Fsp3) is 0.579. The summed E-state index contributed by atoms with van der Waals surface area (Å²) in [5.74, 6) is -0.856. The van der Waals surface area contributed by atoms with Crippen LogP contribution in [0, 0.1) is 5.82 Å². The van der Waals surface area contributed by atoms with Gasteiger partial charge in [-0.1, -0.05) is 25.3 Å². The Hall–Kier alpha value is -1.59. The SMILES string of the molecule is CN(C)C(=O)CNC(=NCc1ccc(F)cc1C(F)(F)F)NC1CCCCC1.I. The maximum Gasteiger partial charge on any atom is 0.416 e. The molecule has 0 aromatic heterocycles. The summed E-state index contributed by atoms with van der Waals surface area (Å²) in [6, 6.07) is 2.70. The van der Waals surface area contributed by atoms with Gasteiger partial charge in [0.15, 0.2) is 5.96 Å². The van der Waals surface area contributed by atoms with Crippen molar-refractivity contribution in [3.63, 3.8) is 0 Å². The Morgan fingerprint density at radius 1 is 1.21 bits per heavy atom. The molecular weight excluding hydrogens is 503 g/mol. The van der Waals surface area contributed by atoms with Crippen molar-refractivity contribution in [3.8, 4) is 0 Å². The first kappa shape index (κ1) is 25.4. The van der Waals surface area contributed by atoms with Crippen molar-refractivity contribution in [2.75, 3.05) is 20.6 Å². The second-order valence-corrected chi connectivity index (χ2v) is 7.09. The van der Waals surface area contributed by atoms with E-state index in [0.717, 1.165) is 44.2 Å². The molecule has 2 N–H and O–H groups in total. The Kier molecular flexibility index (Phi) is 10.1. The molecule has 0 aliphatic heterocycles. The van der Waals surface area contributed by atoms with Crippen molar-refractivity contribution < 1.29 is 22.4 Å². The van der Waals surface area contributed by atoms with E-state index in [0.29, 0.717) is 6.07 Å². The predicted octanol–water partition coefficient (Wildman–Crippen LogP) is 3.92. The molecule has 1 saturated carbocycles. The van der Waals surface area contributed by atoms with Gasteiger partial charge in [-0.25, -0.2) is 9.38 Å². The van der Waals surface area contributed by atoms with Crippen molar-refractivity contribution in [1.82, 2.24) is 15.5 Å². The lowest BCUT2D eigenvalue weighted by Gasteiger charge is -2.25. The summed E-state index contributed by atoms with van der Waals surface area (Å²) in [7, 11) is 3.23. The Morgan fingerprint density at radius 2 is 1.86 bits per heavy atom. The average molecular weight is 530 g/mol. The second kappa shape index (κ2) is 11.6. The van der Waals surface area contributed by atoms with E-state index in [2.05, 4.69) is 15.6 Å². The molecule has 0 unspecified atom stereocenters. The first-order chi connectivity index (χ1) is 13.2. The molecule has 2 rings (SSSR count). The molecule has 0 saturated heterocycles. The highest BCUT2D eigenvalue weighted by molar-refractivity contribution is 14.0. The molecule has 0 bridgehead atoms. The summed E-state index contributed by atoms with van der Waals surface area (Å²) in [6.45, 7) is -0.311. The van der Waals surface area contributed by atoms with Gasteiger partial charge in [-0.3, -0.25) is 4.79 Å². The molecule has 0 radical (unpaired) electrons. The summed E-state index contributed by atoms with van der Waals surface area (Å²) >= 11 is 0. The first-order valence-corrected chi connectivity index (χ1v) is 9.27. The number of carbonyl (C=O) groups excluding carboxylic acids is 1. The van der Waals surface area contributed by atoms with Gasteiger partial charge in [0.1, 0.15) is 5.82 Å². The van der Waals surface area contributed by atoms with E-state index >= 15 is 0 Å². The number of aliphatic imine (C=N–C) groups is 1. The van der Waals surface area contributed by atoms with E-state index in [-0.39, 0.29) is 60.5 Å². The number of hydrogen-bond donors (Lipinski definition) is 2. The van der Waals surface area contributed by atoms with Crippen LogP contribution < -0.4 is 10.6 Å². The van der Waals surface area contributed by atoms with Crippen LogP contribution in [0.1, 0.15) is 43.2 Å². The third-order valence-corrected chi connectivity index (χ3v) is 4.64. The molecule has 1 aliphatic carbocycles. The average Bonchev–Trinajstić information content (AvgIpc) is 2.64. The molecule has 29 heavy (non-hydrogen) atoms. The van der Waals surface area contributed by atoms with Crippen molar-refractivity contribution in [2.45, 2.75) is 50.9 Å². The van der Waals surface area contributed by atoms with Crippen molar-refractivity contribution in [1.29, 1.82) is 0 Å². The predicted molar refractivity (Wildman–Crippen MR) is 115 cm³/mol. The number of halogens is 5. The molecule has 1 aliphatic rings. The summed E-state index contributed by atoms with van der Waals surface area (Å²) in [4.78, 5) is 17.5. The number of carbonyl (C=O) groups is 1. The van der Waals surface area contributed by atoms with Crippen LogP contribution >= 0.6 is 24.0 Å². The molecule has 10 heteroatoms. The number of nitrogens with zero attached hydrogens (tertiary/aromatic N) is 2. The summed E-state index contributed by atoms with van der Waals surface area (Å²) in [5, 5.41) is 6.08. The number of rotatable bonds is 5. The highest BCUT2D eigenvalue weighted by Gasteiger charge is 2.33. The number of hydrogen-bond acceptors (Lipinski definition) is 2. The zero-order chi connectivity index (χ0) is 20.7. The molecule has 0 spiro atoms. The Bertz CT molecular complexity index is 704. The second-order valence-electron chi connectivity index (χ2n) is 7.09. The van der Waals surface area contributed by atoms with E-state index < -0.39 is 17.6 Å². The third-order valence-electron chi connectivity index (χ3n) is 4.64. The lowest BCUT2D eigenvalue weighted by molar-refractivity contribution is -0.138. The highest BCUT2D eigenvalue weighted by Crippen LogP contribution is 2.32. The number of likely N-dealkylation sites (N-methyl/N-ethyl adjacent to an activating group) is 1. The highest BCUT2D eigenvalue weighted by atomic mass is 127. The molecule has 5 nitrogen and oxygen atoms in total. The Labute approximate surface area is 185 Å². The van der Waals surface area contributed by atoms with Crippen LogP contribution in [-0.2, 0) is 17.5 Å². The molecule has 0 heterocycles. The van der Waals surface area contributed by atoms with Crippen LogP contribution in [0.3, 0.4) is 0 Å². The van der Waals surface area contributed by atoms with E-state index in [9.17, 15) is 22.4 Å². The van der Waals surface area contributed by atoms with Gasteiger partial charge >= 0.3 is 6.18 Å². The fourth-order valence-electron chi connectivity index (χ4n) is 3.02. The van der Waals surface area contributed by atoms with Crippen LogP contribution in [0.25, 0.3) is 0 Å². The van der Waals surface area contributed by atoms with E-state index in [1.807, 2.05) is 0 Å². The number of alkyl halides is 3. The van der Waals surface area contributed by atoms with Gasteiger partial charge < -0.3 is 15.5 Å². The van der Waals surface area contributed by atoms with Gasteiger partial charge in [0.2, 0.25) is 5.91 Å². The summed E-state index contributed by atoms with van der Waals surface area (Å²) < 4.78 is 52.8. The Morgan fingerprint density at radius 3 is 2.45 bits per heavy atom. The van der Waals surface area contributed by atoms with Crippen molar-refractivity contribution in [3.05, 3.63) is 35.1 Å². The van der Waals surface area contributed by atoms with Crippen LogP contribution in [0.2, 0.25) is 0 Å². The molecular formula is C19H27F4IN4O. The molecule has 1 aromatic rings. The maximum absolute atomic E-state index is 13.3.